The van der Waals surface area contributed by atoms with Gasteiger partial charge >= 0.3 is 18.9 Å². The molecule has 0 spiro atoms. The second-order valence-electron chi connectivity index (χ2n) is 1.16. The van der Waals surface area contributed by atoms with Crippen LogP contribution in [0.15, 0.2) is 0 Å². The number of hydrogen-bond acceptors (Lipinski definition) is 0. The summed E-state index contributed by atoms with van der Waals surface area (Å²) in [6.45, 7) is 3.63. The summed E-state index contributed by atoms with van der Waals surface area (Å²) in [6, 6.07) is 0. The van der Waals surface area contributed by atoms with Crippen molar-refractivity contribution in [1.29, 1.82) is 0 Å². The normalized spacial score (nSPS) is 6.29. The zero-order valence-electron chi connectivity index (χ0n) is 4.91. The van der Waals surface area contributed by atoms with Crippen LogP contribution in [0.4, 0.5) is 0 Å². The molecule has 0 atom stereocenters. The summed E-state index contributed by atoms with van der Waals surface area (Å²) in [5, 5.41) is 0. The van der Waals surface area contributed by atoms with E-state index in [4.69, 9.17) is 6.42 Å². The Morgan fingerprint density at radius 3 is 2.29 bits per heavy atom. The third-order valence-corrected chi connectivity index (χ3v) is 0.571. The monoisotopic (exact) mass is 88.1 g/mol. The summed E-state index contributed by atoms with van der Waals surface area (Å²) in [6.07, 6.45) is 7.84. The first-order valence-corrected chi connectivity index (χ1v) is 2.14. The van der Waals surface area contributed by atoms with Crippen LogP contribution in [0.5, 0.6) is 0 Å². The quantitative estimate of drug-likeness (QED) is 0.169. The van der Waals surface area contributed by atoms with Crippen molar-refractivity contribution in [2.45, 2.75) is 19.3 Å². The molecule has 0 heterocycles. The maximum Gasteiger partial charge on any atom is 1.00 e. The summed E-state index contributed by atoms with van der Waals surface area (Å²) >= 11 is 0. The average Bonchev–Trinajstić information content (AvgIpc) is 1.61. The molecule has 34 valence electrons. The molecule has 0 nitrogen and oxygen atoms in total. The molecule has 1 heteroatoms. The summed E-state index contributed by atoms with van der Waals surface area (Å²) in [7, 11) is 0. The Balaban J connectivity index is 0. The minimum Gasteiger partial charge on any atom is -0.343 e. The molecule has 0 radical (unpaired) electrons. The molecule has 7 heavy (non-hydrogen) atoms. The molecule has 0 saturated carbocycles. The van der Waals surface area contributed by atoms with Crippen LogP contribution >= 0.6 is 0 Å². The van der Waals surface area contributed by atoms with Gasteiger partial charge in [0.05, 0.1) is 0 Å². The summed E-state index contributed by atoms with van der Waals surface area (Å²) in [4.78, 5) is 0. The molecular weight excluding hydrogens is 79.0 g/mol. The van der Waals surface area contributed by atoms with Crippen LogP contribution in [0.3, 0.4) is 0 Å². The van der Waals surface area contributed by atoms with E-state index >= 15 is 0 Å². The molecular formula is C6H9Li. The first-order valence-electron chi connectivity index (χ1n) is 2.14. The van der Waals surface area contributed by atoms with Crippen LogP contribution in [-0.4, -0.2) is 0 Å². The molecule has 0 amide bonds. The zero-order chi connectivity index (χ0) is 4.83. The largest absolute Gasteiger partial charge is 1.00 e. The number of rotatable bonds is 2. The molecule has 0 aromatic carbocycles. The second-order valence-corrected chi connectivity index (χ2v) is 1.16. The molecule has 0 aliphatic rings. The minimum atomic E-state index is 0. The molecule has 0 bridgehead atoms. The predicted octanol–water partition coefficient (Wildman–Crippen LogP) is -1.37. The van der Waals surface area contributed by atoms with Crippen LogP contribution in [0.2, 0.25) is 0 Å². The van der Waals surface area contributed by atoms with Crippen molar-refractivity contribution in [2.75, 3.05) is 0 Å². The van der Waals surface area contributed by atoms with E-state index in [1.165, 1.54) is 0 Å². The van der Waals surface area contributed by atoms with Gasteiger partial charge in [0.25, 0.3) is 0 Å². The molecule has 0 aromatic rings. The van der Waals surface area contributed by atoms with Gasteiger partial charge in [0, 0.05) is 6.42 Å². The van der Waals surface area contributed by atoms with Crippen molar-refractivity contribution in [3.05, 3.63) is 6.92 Å². The van der Waals surface area contributed by atoms with Gasteiger partial charge in [0.1, 0.15) is 0 Å². The Kier molecular flexibility index (Phi) is 13.8. The molecule has 0 aliphatic heterocycles. The van der Waals surface area contributed by atoms with Crippen LogP contribution in [0.25, 0.3) is 0 Å². The summed E-state index contributed by atoms with van der Waals surface area (Å²) < 4.78 is 0. The van der Waals surface area contributed by atoms with Crippen LogP contribution in [0, 0.1) is 19.3 Å². The van der Waals surface area contributed by atoms with Crippen LogP contribution < -0.4 is 18.9 Å². The van der Waals surface area contributed by atoms with Gasteiger partial charge in [0.15, 0.2) is 0 Å². The molecule has 0 saturated heterocycles. The van der Waals surface area contributed by atoms with Crippen LogP contribution in [0.1, 0.15) is 19.3 Å². The Hall–Kier alpha value is 0.157. The standard InChI is InChI=1S/C6H9.Li/c1-3-5-6-4-2;/h1H,2,4-6H2;/q-1;+1. The Morgan fingerprint density at radius 1 is 1.57 bits per heavy atom. The van der Waals surface area contributed by atoms with E-state index in [-0.39, 0.29) is 18.9 Å². The van der Waals surface area contributed by atoms with E-state index < -0.39 is 0 Å². The fraction of sp³-hybridized carbons (Fsp3) is 0.500. The van der Waals surface area contributed by atoms with Gasteiger partial charge < -0.3 is 6.92 Å². The van der Waals surface area contributed by atoms with Crippen molar-refractivity contribution in [3.63, 3.8) is 0 Å². The SMILES string of the molecule is C#CCCC[CH2-].[Li+]. The second kappa shape index (κ2) is 9.48. The van der Waals surface area contributed by atoms with E-state index in [0.29, 0.717) is 0 Å². The maximum absolute atomic E-state index is 4.94. The van der Waals surface area contributed by atoms with Crippen LogP contribution in [-0.2, 0) is 0 Å². The summed E-state index contributed by atoms with van der Waals surface area (Å²) in [5.41, 5.74) is 0. The fourth-order valence-corrected chi connectivity index (χ4v) is 0.227. The third kappa shape index (κ3) is 10.7. The van der Waals surface area contributed by atoms with Crippen molar-refractivity contribution < 1.29 is 18.9 Å². The first-order chi connectivity index (χ1) is 2.91. The molecule has 0 aromatic heterocycles. The van der Waals surface area contributed by atoms with Gasteiger partial charge in [-0.1, -0.05) is 6.42 Å². The number of terminal acetylenes is 1. The van der Waals surface area contributed by atoms with E-state index in [1.807, 2.05) is 0 Å². The van der Waals surface area contributed by atoms with E-state index in [9.17, 15) is 0 Å². The molecule has 0 unspecified atom stereocenters. The molecule has 0 rings (SSSR count). The Labute approximate surface area is 57.9 Å². The predicted molar refractivity (Wildman–Crippen MR) is 28.0 cm³/mol. The topological polar surface area (TPSA) is 0 Å². The first kappa shape index (κ1) is 10.2. The van der Waals surface area contributed by atoms with Crippen molar-refractivity contribution in [1.82, 2.24) is 0 Å². The molecule has 0 fully saturated rings. The van der Waals surface area contributed by atoms with Crippen molar-refractivity contribution >= 4 is 0 Å². The fourth-order valence-electron chi connectivity index (χ4n) is 0.227. The smallest absolute Gasteiger partial charge is 0.343 e. The molecule has 0 aliphatic carbocycles. The van der Waals surface area contributed by atoms with E-state index in [1.54, 1.807) is 0 Å². The van der Waals surface area contributed by atoms with Gasteiger partial charge in [-0.3, -0.25) is 0 Å². The Morgan fingerprint density at radius 2 is 2.14 bits per heavy atom. The zero-order valence-corrected chi connectivity index (χ0v) is 4.91. The van der Waals surface area contributed by atoms with Gasteiger partial charge in [-0.15, -0.1) is 12.3 Å². The van der Waals surface area contributed by atoms with Crippen molar-refractivity contribution in [3.8, 4) is 12.3 Å². The Bertz CT molecular complexity index is 51.7. The van der Waals surface area contributed by atoms with Gasteiger partial charge in [-0.2, -0.15) is 6.42 Å². The number of unbranched alkanes of at least 4 members (excludes halogenated alkanes) is 2. The van der Waals surface area contributed by atoms with Gasteiger partial charge in [0.2, 0.25) is 0 Å². The third-order valence-electron chi connectivity index (χ3n) is 0.571. The van der Waals surface area contributed by atoms with Gasteiger partial charge in [-0.25, -0.2) is 0 Å². The van der Waals surface area contributed by atoms with Gasteiger partial charge in [-0.05, 0) is 0 Å². The average molecular weight is 88.1 g/mol. The van der Waals surface area contributed by atoms with E-state index in [2.05, 4.69) is 12.8 Å². The number of hydrogen-bond donors (Lipinski definition) is 0. The minimum absolute atomic E-state index is 0. The van der Waals surface area contributed by atoms with Crippen molar-refractivity contribution in [2.24, 2.45) is 0 Å². The molecule has 0 N–H and O–H groups in total. The summed E-state index contributed by atoms with van der Waals surface area (Å²) in [5.74, 6) is 2.53. The van der Waals surface area contributed by atoms with E-state index in [0.717, 1.165) is 19.3 Å². The maximum atomic E-state index is 4.94.